The van der Waals surface area contributed by atoms with Gasteiger partial charge in [0, 0.05) is 23.4 Å². The summed E-state index contributed by atoms with van der Waals surface area (Å²) in [7, 11) is 0. The Labute approximate surface area is 98.7 Å². The predicted molar refractivity (Wildman–Crippen MR) is 66.0 cm³/mol. The number of anilines is 1. The van der Waals surface area contributed by atoms with Crippen LogP contribution in [-0.4, -0.2) is 15.7 Å². The Morgan fingerprint density at radius 2 is 2.47 bits per heavy atom. The number of rotatable bonds is 2. The molecule has 5 heteroatoms. The Hall–Kier alpha value is -1.91. The van der Waals surface area contributed by atoms with Crippen LogP contribution in [0, 0.1) is 18.8 Å². The van der Waals surface area contributed by atoms with Gasteiger partial charge in [0.05, 0.1) is 0 Å². The van der Waals surface area contributed by atoms with Gasteiger partial charge in [-0.1, -0.05) is 12.2 Å². The maximum atomic E-state index is 11.2. The number of aryl methyl sites for hydroxylation is 1. The van der Waals surface area contributed by atoms with Crippen LogP contribution in [0.2, 0.25) is 0 Å². The van der Waals surface area contributed by atoms with Crippen LogP contribution in [-0.2, 0) is 0 Å². The third-order valence-corrected chi connectivity index (χ3v) is 3.34. The van der Waals surface area contributed by atoms with Crippen molar-refractivity contribution in [2.45, 2.75) is 19.8 Å². The average Bonchev–Trinajstić information content (AvgIpc) is 2.59. The van der Waals surface area contributed by atoms with Gasteiger partial charge in [0.2, 0.25) is 5.95 Å². The van der Waals surface area contributed by atoms with E-state index in [4.69, 9.17) is 0 Å². The Balaban J connectivity index is 1.72. The van der Waals surface area contributed by atoms with E-state index < -0.39 is 0 Å². The molecule has 2 N–H and O–H groups in total. The van der Waals surface area contributed by atoms with Crippen LogP contribution in [0.15, 0.2) is 28.1 Å². The lowest BCUT2D eigenvalue weighted by Gasteiger charge is -2.31. The van der Waals surface area contributed by atoms with Gasteiger partial charge in [-0.25, -0.2) is 10.4 Å². The second kappa shape index (κ2) is 3.84. The maximum absolute atomic E-state index is 11.2. The van der Waals surface area contributed by atoms with Crippen molar-refractivity contribution in [3.05, 3.63) is 34.3 Å². The number of nitrogens with one attached hydrogen (secondary N) is 2. The number of hydrogen-bond acceptors (Lipinski definition) is 4. The van der Waals surface area contributed by atoms with E-state index in [1.165, 1.54) is 11.8 Å². The van der Waals surface area contributed by atoms with E-state index in [1.54, 1.807) is 6.92 Å². The van der Waals surface area contributed by atoms with Crippen molar-refractivity contribution in [1.82, 2.24) is 9.97 Å². The first-order chi connectivity index (χ1) is 8.22. The maximum Gasteiger partial charge on any atom is 0.252 e. The summed E-state index contributed by atoms with van der Waals surface area (Å²) in [5.41, 5.74) is 4.53. The Morgan fingerprint density at radius 3 is 3.24 bits per heavy atom. The smallest absolute Gasteiger partial charge is 0.252 e. The van der Waals surface area contributed by atoms with Crippen molar-refractivity contribution < 1.29 is 0 Å². The third-order valence-electron chi connectivity index (χ3n) is 3.34. The second-order valence-corrected chi connectivity index (χ2v) is 4.59. The topological polar surface area (TPSA) is 70.1 Å². The highest BCUT2D eigenvalue weighted by Crippen LogP contribution is 2.40. The molecule has 2 atom stereocenters. The lowest BCUT2D eigenvalue weighted by Crippen LogP contribution is -2.33. The van der Waals surface area contributed by atoms with Crippen LogP contribution >= 0.6 is 0 Å². The van der Waals surface area contributed by atoms with Gasteiger partial charge in [-0.15, -0.1) is 0 Å². The molecular formula is C12H14N4O. The van der Waals surface area contributed by atoms with Crippen molar-refractivity contribution in [2.24, 2.45) is 16.9 Å². The number of hydrazone groups is 1. The first-order valence-corrected chi connectivity index (χ1v) is 5.79. The third kappa shape index (κ3) is 1.88. The standard InChI is InChI=1S/C12H14N4O/c1-7-5-11(17)14-12(13-7)16-15-10-6-8-3-2-4-9(8)10/h2-3,5,8-9H,4,6H2,1H3,(H2,13,14,16,17)/b15-10-/t8-,9+/m0/s1. The lowest BCUT2D eigenvalue weighted by atomic mass is 9.74. The van der Waals surface area contributed by atoms with Crippen molar-refractivity contribution in [3.8, 4) is 0 Å². The highest BCUT2D eigenvalue weighted by atomic mass is 16.1. The molecule has 0 unspecified atom stereocenters. The Morgan fingerprint density at radius 1 is 1.59 bits per heavy atom. The van der Waals surface area contributed by atoms with Gasteiger partial charge in [-0.3, -0.25) is 9.78 Å². The van der Waals surface area contributed by atoms with Crippen molar-refractivity contribution in [3.63, 3.8) is 0 Å². The quantitative estimate of drug-likeness (QED) is 0.596. The monoisotopic (exact) mass is 230 g/mol. The average molecular weight is 230 g/mol. The molecule has 0 aromatic carbocycles. The fraction of sp³-hybridized carbons (Fsp3) is 0.417. The largest absolute Gasteiger partial charge is 0.291 e. The molecule has 5 nitrogen and oxygen atoms in total. The number of hydrogen-bond donors (Lipinski definition) is 2. The molecule has 1 aromatic heterocycles. The molecule has 1 heterocycles. The van der Waals surface area contributed by atoms with Crippen molar-refractivity contribution in [1.29, 1.82) is 0 Å². The molecule has 1 aromatic rings. The van der Waals surface area contributed by atoms with Crippen molar-refractivity contribution >= 4 is 11.7 Å². The molecule has 0 radical (unpaired) electrons. The summed E-state index contributed by atoms with van der Waals surface area (Å²) in [6.07, 6.45) is 6.58. The molecule has 0 saturated heterocycles. The molecule has 0 aliphatic heterocycles. The molecule has 2 aliphatic carbocycles. The van der Waals surface area contributed by atoms with Crippen molar-refractivity contribution in [2.75, 3.05) is 5.43 Å². The first-order valence-electron chi connectivity index (χ1n) is 5.79. The van der Waals surface area contributed by atoms with Gasteiger partial charge in [-0.2, -0.15) is 5.10 Å². The van der Waals surface area contributed by atoms with Crippen LogP contribution in [0.1, 0.15) is 18.5 Å². The molecule has 0 bridgehead atoms. The van der Waals surface area contributed by atoms with Gasteiger partial charge >= 0.3 is 0 Å². The van der Waals surface area contributed by atoms with E-state index >= 15 is 0 Å². The minimum Gasteiger partial charge on any atom is -0.291 e. The summed E-state index contributed by atoms with van der Waals surface area (Å²) in [5, 5.41) is 4.32. The SMILES string of the molecule is Cc1cc(=O)[nH]c(N/N=C2/C[C@@H]3C=CC[C@@H]23)n1. The van der Waals surface area contributed by atoms with E-state index in [0.717, 1.165) is 12.8 Å². The van der Waals surface area contributed by atoms with Crippen LogP contribution in [0.4, 0.5) is 5.95 Å². The Kier molecular flexibility index (Phi) is 2.31. The van der Waals surface area contributed by atoms with E-state index in [0.29, 0.717) is 23.5 Å². The van der Waals surface area contributed by atoms with Crippen LogP contribution in [0.5, 0.6) is 0 Å². The van der Waals surface area contributed by atoms with E-state index in [2.05, 4.69) is 32.6 Å². The molecule has 17 heavy (non-hydrogen) atoms. The van der Waals surface area contributed by atoms with Gasteiger partial charge in [0.25, 0.3) is 5.56 Å². The summed E-state index contributed by atoms with van der Waals surface area (Å²) < 4.78 is 0. The van der Waals surface area contributed by atoms with Crippen LogP contribution in [0.3, 0.4) is 0 Å². The molecule has 1 fully saturated rings. The summed E-state index contributed by atoms with van der Waals surface area (Å²) in [6.45, 7) is 1.79. The zero-order valence-electron chi connectivity index (χ0n) is 9.60. The normalized spacial score (nSPS) is 27.9. The molecule has 2 aliphatic rings. The fourth-order valence-electron chi connectivity index (χ4n) is 2.42. The predicted octanol–water partition coefficient (Wildman–Crippen LogP) is 1.44. The lowest BCUT2D eigenvalue weighted by molar-refractivity contribution is 0.466. The fourth-order valence-corrected chi connectivity index (χ4v) is 2.42. The summed E-state index contributed by atoms with van der Waals surface area (Å²) in [6, 6.07) is 1.46. The zero-order chi connectivity index (χ0) is 11.8. The van der Waals surface area contributed by atoms with Gasteiger partial charge in [-0.05, 0) is 25.7 Å². The molecule has 88 valence electrons. The minimum atomic E-state index is -0.158. The van der Waals surface area contributed by atoms with E-state index in [-0.39, 0.29) is 5.56 Å². The summed E-state index contributed by atoms with van der Waals surface area (Å²) >= 11 is 0. The van der Waals surface area contributed by atoms with E-state index in [9.17, 15) is 4.79 Å². The van der Waals surface area contributed by atoms with Crippen LogP contribution in [0.25, 0.3) is 0 Å². The first kappa shape index (κ1) is 10.3. The molecule has 0 amide bonds. The van der Waals surface area contributed by atoms with E-state index in [1.807, 2.05) is 0 Å². The summed E-state index contributed by atoms with van der Waals surface area (Å²) in [4.78, 5) is 18.0. The molecule has 3 rings (SSSR count). The molecule has 1 saturated carbocycles. The minimum absolute atomic E-state index is 0.158. The molecular weight excluding hydrogens is 216 g/mol. The van der Waals surface area contributed by atoms with Gasteiger partial charge in [0.15, 0.2) is 0 Å². The molecule has 0 spiro atoms. The Bertz CT molecular complexity index is 558. The van der Waals surface area contributed by atoms with Gasteiger partial charge in [0.1, 0.15) is 0 Å². The number of aromatic amines is 1. The number of H-pyrrole nitrogens is 1. The number of nitrogens with zero attached hydrogens (tertiary/aromatic N) is 2. The summed E-state index contributed by atoms with van der Waals surface area (Å²) in [5.74, 6) is 1.66. The highest BCUT2D eigenvalue weighted by Gasteiger charge is 2.37. The van der Waals surface area contributed by atoms with Gasteiger partial charge < -0.3 is 0 Å². The van der Waals surface area contributed by atoms with Crippen LogP contribution < -0.4 is 11.0 Å². The zero-order valence-corrected chi connectivity index (χ0v) is 9.60. The second-order valence-electron chi connectivity index (χ2n) is 4.59. The number of aromatic nitrogens is 2. The highest BCUT2D eigenvalue weighted by molar-refractivity contribution is 5.94. The number of allylic oxidation sites excluding steroid dienone is 2. The number of fused-ring (bicyclic) bond motifs is 1.